The molecule has 15 heavy (non-hydrogen) atoms. The van der Waals surface area contributed by atoms with Gasteiger partial charge in [0.1, 0.15) is 12.7 Å². The van der Waals surface area contributed by atoms with Crippen molar-refractivity contribution in [3.63, 3.8) is 0 Å². The zero-order chi connectivity index (χ0) is 10.7. The molecule has 0 radical (unpaired) electrons. The molecule has 1 saturated heterocycles. The van der Waals surface area contributed by atoms with Crippen LogP contribution in [-0.2, 0) is 16.0 Å². The highest BCUT2D eigenvalue weighted by Crippen LogP contribution is 2.19. The lowest BCUT2D eigenvalue weighted by Crippen LogP contribution is -2.38. The van der Waals surface area contributed by atoms with Gasteiger partial charge in [0.25, 0.3) is 0 Å². The van der Waals surface area contributed by atoms with Crippen LogP contribution in [0.3, 0.4) is 0 Å². The van der Waals surface area contributed by atoms with Crippen molar-refractivity contribution in [3.8, 4) is 0 Å². The van der Waals surface area contributed by atoms with Crippen LogP contribution < -0.4 is 5.32 Å². The fraction of sp³-hybridized carbons (Fsp3) is 0.417. The number of hydrogen-bond donors (Lipinski definition) is 1. The Bertz CT molecular complexity index is 335. The summed E-state index contributed by atoms with van der Waals surface area (Å²) in [6, 6.07) is 8.35. The van der Waals surface area contributed by atoms with Crippen molar-refractivity contribution in [1.29, 1.82) is 0 Å². The minimum atomic E-state index is -0.0311. The van der Waals surface area contributed by atoms with Crippen molar-refractivity contribution in [3.05, 3.63) is 35.4 Å². The van der Waals surface area contributed by atoms with E-state index in [0.29, 0.717) is 6.54 Å². The van der Waals surface area contributed by atoms with Crippen molar-refractivity contribution >= 4 is 5.91 Å². The Hall–Kier alpha value is -1.35. The number of amides is 1. The van der Waals surface area contributed by atoms with Crippen molar-refractivity contribution in [2.45, 2.75) is 19.4 Å². The van der Waals surface area contributed by atoms with E-state index in [9.17, 15) is 4.79 Å². The maximum atomic E-state index is 10.9. The van der Waals surface area contributed by atoms with Gasteiger partial charge in [0.2, 0.25) is 5.91 Å². The zero-order valence-electron chi connectivity index (χ0n) is 8.82. The second kappa shape index (κ2) is 4.45. The summed E-state index contributed by atoms with van der Waals surface area (Å²) in [7, 11) is 0. The lowest BCUT2D eigenvalue weighted by molar-refractivity contribution is -0.133. The molecule has 3 nitrogen and oxygen atoms in total. The third kappa shape index (κ3) is 2.36. The highest BCUT2D eigenvalue weighted by Gasteiger charge is 2.19. The molecule has 1 fully saturated rings. The predicted octanol–water partition coefficient (Wildman–Crippen LogP) is 1.44. The van der Waals surface area contributed by atoms with Gasteiger partial charge in [-0.05, 0) is 17.5 Å². The van der Waals surface area contributed by atoms with Crippen LogP contribution in [0, 0.1) is 0 Å². The summed E-state index contributed by atoms with van der Waals surface area (Å²) in [5, 5.41) is 2.80. The first-order valence-electron chi connectivity index (χ1n) is 5.26. The van der Waals surface area contributed by atoms with Crippen molar-refractivity contribution < 1.29 is 9.53 Å². The van der Waals surface area contributed by atoms with Gasteiger partial charge in [-0.2, -0.15) is 0 Å². The summed E-state index contributed by atoms with van der Waals surface area (Å²) in [4.78, 5) is 10.9. The summed E-state index contributed by atoms with van der Waals surface area (Å²) in [5.74, 6) is -0.0311. The number of carbonyl (C=O) groups is 1. The van der Waals surface area contributed by atoms with Crippen LogP contribution in [0.15, 0.2) is 24.3 Å². The third-order valence-corrected chi connectivity index (χ3v) is 2.66. The van der Waals surface area contributed by atoms with E-state index >= 15 is 0 Å². The topological polar surface area (TPSA) is 38.3 Å². The van der Waals surface area contributed by atoms with Gasteiger partial charge >= 0.3 is 0 Å². The second-order valence-corrected chi connectivity index (χ2v) is 3.70. The minimum Gasteiger partial charge on any atom is -0.362 e. The van der Waals surface area contributed by atoms with Crippen LogP contribution in [-0.4, -0.2) is 19.1 Å². The molecule has 1 aliphatic heterocycles. The molecule has 1 N–H and O–H groups in total. The van der Waals surface area contributed by atoms with Crippen LogP contribution in [0.5, 0.6) is 0 Å². The first kappa shape index (κ1) is 10.2. The first-order chi connectivity index (χ1) is 7.29. The van der Waals surface area contributed by atoms with Crippen LogP contribution in [0.25, 0.3) is 0 Å². The first-order valence-corrected chi connectivity index (χ1v) is 5.26. The normalized spacial score (nSPS) is 21.1. The highest BCUT2D eigenvalue weighted by molar-refractivity contribution is 5.77. The van der Waals surface area contributed by atoms with E-state index in [0.717, 1.165) is 12.0 Å². The number of rotatable bonds is 2. The fourth-order valence-electron chi connectivity index (χ4n) is 1.67. The maximum absolute atomic E-state index is 10.9. The van der Waals surface area contributed by atoms with Crippen molar-refractivity contribution in [1.82, 2.24) is 5.32 Å². The molecule has 2 rings (SSSR count). The summed E-state index contributed by atoms with van der Waals surface area (Å²) < 4.78 is 5.44. The van der Waals surface area contributed by atoms with E-state index in [4.69, 9.17) is 4.74 Å². The molecule has 1 heterocycles. The maximum Gasteiger partial charge on any atom is 0.246 e. The molecule has 3 heteroatoms. The average molecular weight is 205 g/mol. The van der Waals surface area contributed by atoms with E-state index < -0.39 is 0 Å². The number of morpholine rings is 1. The van der Waals surface area contributed by atoms with E-state index in [2.05, 4.69) is 36.5 Å². The van der Waals surface area contributed by atoms with Gasteiger partial charge < -0.3 is 10.1 Å². The number of hydrogen-bond acceptors (Lipinski definition) is 2. The van der Waals surface area contributed by atoms with Gasteiger partial charge in [-0.25, -0.2) is 0 Å². The number of aryl methyl sites for hydroxylation is 1. The van der Waals surface area contributed by atoms with Gasteiger partial charge in [0.05, 0.1) is 0 Å². The quantitative estimate of drug-likeness (QED) is 0.793. The lowest BCUT2D eigenvalue weighted by Gasteiger charge is -2.23. The Morgan fingerprint density at radius 1 is 1.40 bits per heavy atom. The van der Waals surface area contributed by atoms with E-state index in [1.165, 1.54) is 5.56 Å². The molecule has 1 aromatic rings. The SMILES string of the molecule is CCc1ccc(C2CNC(=O)CO2)cc1. The Labute approximate surface area is 89.4 Å². The Morgan fingerprint density at radius 2 is 2.13 bits per heavy atom. The van der Waals surface area contributed by atoms with Crippen molar-refractivity contribution in [2.24, 2.45) is 0 Å². The summed E-state index contributed by atoms with van der Waals surface area (Å²) in [6.07, 6.45) is 1.05. The molecule has 80 valence electrons. The smallest absolute Gasteiger partial charge is 0.246 e. The Kier molecular flexibility index (Phi) is 3.02. The molecule has 1 amide bonds. The molecule has 1 atom stereocenters. The second-order valence-electron chi connectivity index (χ2n) is 3.70. The Morgan fingerprint density at radius 3 is 2.67 bits per heavy atom. The van der Waals surface area contributed by atoms with Gasteiger partial charge in [0.15, 0.2) is 0 Å². The van der Waals surface area contributed by atoms with Gasteiger partial charge in [-0.3, -0.25) is 4.79 Å². The summed E-state index contributed by atoms with van der Waals surface area (Å²) in [6.45, 7) is 2.87. The van der Waals surface area contributed by atoms with E-state index in [1.807, 2.05) is 0 Å². The molecular weight excluding hydrogens is 190 g/mol. The van der Waals surface area contributed by atoms with Gasteiger partial charge in [-0.1, -0.05) is 31.2 Å². The third-order valence-electron chi connectivity index (χ3n) is 2.66. The lowest BCUT2D eigenvalue weighted by atomic mass is 10.1. The largest absolute Gasteiger partial charge is 0.362 e. The standard InChI is InChI=1S/C12H15NO2/c1-2-9-3-5-10(6-4-9)11-7-13-12(14)8-15-11/h3-6,11H,2,7-8H2,1H3,(H,13,14). The van der Waals surface area contributed by atoms with Crippen molar-refractivity contribution in [2.75, 3.05) is 13.2 Å². The van der Waals surface area contributed by atoms with E-state index in [1.54, 1.807) is 0 Å². The number of ether oxygens (including phenoxy) is 1. The molecule has 1 aliphatic rings. The molecule has 0 spiro atoms. The van der Waals surface area contributed by atoms with E-state index in [-0.39, 0.29) is 18.6 Å². The molecule has 0 saturated carbocycles. The Balaban J connectivity index is 2.06. The zero-order valence-corrected chi connectivity index (χ0v) is 8.82. The molecule has 1 unspecified atom stereocenters. The predicted molar refractivity (Wildman–Crippen MR) is 57.5 cm³/mol. The van der Waals surface area contributed by atoms with Gasteiger partial charge in [-0.15, -0.1) is 0 Å². The molecule has 0 aliphatic carbocycles. The highest BCUT2D eigenvalue weighted by atomic mass is 16.5. The van der Waals surface area contributed by atoms with Gasteiger partial charge in [0, 0.05) is 6.54 Å². The van der Waals surface area contributed by atoms with Crippen LogP contribution in [0.1, 0.15) is 24.2 Å². The fourth-order valence-corrected chi connectivity index (χ4v) is 1.67. The van der Waals surface area contributed by atoms with Crippen LogP contribution >= 0.6 is 0 Å². The monoisotopic (exact) mass is 205 g/mol. The average Bonchev–Trinajstić information content (AvgIpc) is 2.30. The van der Waals surface area contributed by atoms with Crippen LogP contribution in [0.4, 0.5) is 0 Å². The summed E-state index contributed by atoms with van der Waals surface area (Å²) in [5.41, 5.74) is 2.45. The van der Waals surface area contributed by atoms with Crippen LogP contribution in [0.2, 0.25) is 0 Å². The number of carbonyl (C=O) groups excluding carboxylic acids is 1. The minimum absolute atomic E-state index is 0.00797. The number of benzene rings is 1. The number of nitrogens with one attached hydrogen (secondary N) is 1. The molecule has 0 aromatic heterocycles. The molecular formula is C12H15NO2. The summed E-state index contributed by atoms with van der Waals surface area (Å²) >= 11 is 0. The molecule has 1 aromatic carbocycles. The molecule has 0 bridgehead atoms.